The molecule has 31 heavy (non-hydrogen) atoms. The Bertz CT molecular complexity index is 1160. The Kier molecular flexibility index (Phi) is 7.13. The van der Waals surface area contributed by atoms with Gasteiger partial charge in [-0.2, -0.15) is 0 Å². The number of sulfone groups is 1. The fraction of sp³-hybridized carbons (Fsp3) is 0.250. The molecule has 2 aromatic carbocycles. The van der Waals surface area contributed by atoms with Crippen LogP contribution >= 0.6 is 11.6 Å². The van der Waals surface area contributed by atoms with Crippen molar-refractivity contribution in [3.05, 3.63) is 47.5 Å². The third-order valence-electron chi connectivity index (χ3n) is 4.30. The van der Waals surface area contributed by atoms with Gasteiger partial charge in [-0.1, -0.05) is 16.7 Å². The number of hydrogen-bond donors (Lipinski definition) is 1. The Morgan fingerprint density at radius 2 is 1.84 bits per heavy atom. The maximum absolute atomic E-state index is 12.3. The molecule has 0 aliphatic rings. The van der Waals surface area contributed by atoms with Gasteiger partial charge in [-0.25, -0.2) is 8.42 Å². The molecule has 0 saturated heterocycles. The van der Waals surface area contributed by atoms with E-state index >= 15 is 0 Å². The van der Waals surface area contributed by atoms with Gasteiger partial charge in [0.15, 0.2) is 9.84 Å². The molecule has 0 radical (unpaired) electrons. The van der Waals surface area contributed by atoms with Crippen LogP contribution in [0.2, 0.25) is 5.02 Å². The molecule has 0 saturated carbocycles. The van der Waals surface area contributed by atoms with E-state index in [1.165, 1.54) is 38.5 Å². The molecule has 0 bridgehead atoms. The highest BCUT2D eigenvalue weighted by Crippen LogP contribution is 2.33. The fourth-order valence-corrected chi connectivity index (χ4v) is 4.16. The van der Waals surface area contributed by atoms with E-state index in [2.05, 4.69) is 15.5 Å². The van der Waals surface area contributed by atoms with Gasteiger partial charge in [0.1, 0.15) is 11.5 Å². The SMILES string of the molecule is COc1ccc(-c2nnc(NC(=O)CCCS(=O)(=O)c3ccc(Cl)cc3)o2)c(OC)c1. The summed E-state index contributed by atoms with van der Waals surface area (Å²) in [4.78, 5) is 12.3. The number of nitrogens with zero attached hydrogens (tertiary/aromatic N) is 2. The van der Waals surface area contributed by atoms with Crippen LogP contribution in [0, 0.1) is 0 Å². The average Bonchev–Trinajstić information content (AvgIpc) is 3.21. The Hall–Kier alpha value is -3.11. The predicted molar refractivity (Wildman–Crippen MR) is 114 cm³/mol. The van der Waals surface area contributed by atoms with Crippen molar-refractivity contribution in [3.63, 3.8) is 0 Å². The van der Waals surface area contributed by atoms with Crippen molar-refractivity contribution in [3.8, 4) is 23.0 Å². The van der Waals surface area contributed by atoms with Gasteiger partial charge < -0.3 is 13.9 Å². The zero-order valence-corrected chi connectivity index (χ0v) is 18.4. The summed E-state index contributed by atoms with van der Waals surface area (Å²) in [6, 6.07) is 10.9. The van der Waals surface area contributed by atoms with Gasteiger partial charge in [-0.15, -0.1) is 5.10 Å². The second kappa shape index (κ2) is 9.80. The standard InChI is InChI=1S/C20H20ClN3O6S/c1-28-14-7-10-16(17(12-14)29-2)19-23-24-20(30-19)22-18(25)4-3-11-31(26,27)15-8-5-13(21)6-9-15/h5-10,12H,3-4,11H2,1-2H3,(H,22,24,25). The second-order valence-electron chi connectivity index (χ2n) is 6.40. The number of carbonyl (C=O) groups excluding carboxylic acids is 1. The van der Waals surface area contributed by atoms with E-state index in [1.54, 1.807) is 18.2 Å². The monoisotopic (exact) mass is 465 g/mol. The normalized spacial score (nSPS) is 11.2. The molecular weight excluding hydrogens is 446 g/mol. The van der Waals surface area contributed by atoms with Crippen molar-refractivity contribution in [2.75, 3.05) is 25.3 Å². The molecule has 0 unspecified atom stereocenters. The highest BCUT2D eigenvalue weighted by atomic mass is 35.5. The van der Waals surface area contributed by atoms with Crippen LogP contribution < -0.4 is 14.8 Å². The Labute approximate surface area is 184 Å². The lowest BCUT2D eigenvalue weighted by atomic mass is 10.2. The molecule has 1 amide bonds. The van der Waals surface area contributed by atoms with Crippen LogP contribution in [0.25, 0.3) is 11.5 Å². The van der Waals surface area contributed by atoms with Crippen LogP contribution in [-0.4, -0.2) is 44.5 Å². The number of amides is 1. The lowest BCUT2D eigenvalue weighted by Crippen LogP contribution is -2.14. The quantitative estimate of drug-likeness (QED) is 0.508. The van der Waals surface area contributed by atoms with Crippen molar-refractivity contribution >= 4 is 33.4 Å². The molecule has 0 aliphatic heterocycles. The summed E-state index contributed by atoms with van der Waals surface area (Å²) in [5.74, 6) is 0.596. The van der Waals surface area contributed by atoms with E-state index in [4.69, 9.17) is 25.5 Å². The first-order valence-corrected chi connectivity index (χ1v) is 11.2. The highest BCUT2D eigenvalue weighted by Gasteiger charge is 2.18. The number of hydrogen-bond acceptors (Lipinski definition) is 8. The number of ether oxygens (including phenoxy) is 2. The molecule has 0 aliphatic carbocycles. The number of carbonyl (C=O) groups is 1. The highest BCUT2D eigenvalue weighted by molar-refractivity contribution is 7.91. The van der Waals surface area contributed by atoms with Crippen LogP contribution in [0.1, 0.15) is 12.8 Å². The topological polar surface area (TPSA) is 121 Å². The second-order valence-corrected chi connectivity index (χ2v) is 8.95. The van der Waals surface area contributed by atoms with Crippen LogP contribution in [0.4, 0.5) is 6.01 Å². The van der Waals surface area contributed by atoms with Crippen LogP contribution in [0.15, 0.2) is 51.8 Å². The summed E-state index contributed by atoms with van der Waals surface area (Å²) < 4.78 is 40.6. The smallest absolute Gasteiger partial charge is 0.322 e. The minimum atomic E-state index is -3.51. The van der Waals surface area contributed by atoms with E-state index in [0.29, 0.717) is 22.1 Å². The number of nitrogens with one attached hydrogen (secondary N) is 1. The van der Waals surface area contributed by atoms with Crippen LogP contribution in [-0.2, 0) is 14.6 Å². The zero-order chi connectivity index (χ0) is 22.4. The number of aromatic nitrogens is 2. The summed E-state index contributed by atoms with van der Waals surface area (Å²) in [5, 5.41) is 10.6. The van der Waals surface area contributed by atoms with Crippen molar-refractivity contribution in [1.82, 2.24) is 10.2 Å². The Balaban J connectivity index is 1.57. The maximum Gasteiger partial charge on any atom is 0.322 e. The van der Waals surface area contributed by atoms with Gasteiger partial charge in [-0.05, 0) is 42.8 Å². The minimum Gasteiger partial charge on any atom is -0.497 e. The van der Waals surface area contributed by atoms with Crippen molar-refractivity contribution < 1.29 is 27.1 Å². The van der Waals surface area contributed by atoms with Gasteiger partial charge in [-0.3, -0.25) is 10.1 Å². The van der Waals surface area contributed by atoms with Crippen molar-refractivity contribution in [2.45, 2.75) is 17.7 Å². The lowest BCUT2D eigenvalue weighted by Gasteiger charge is -2.07. The zero-order valence-electron chi connectivity index (χ0n) is 16.8. The summed E-state index contributed by atoms with van der Waals surface area (Å²) in [6.45, 7) is 0. The molecule has 0 fully saturated rings. The van der Waals surface area contributed by atoms with E-state index in [0.717, 1.165) is 0 Å². The molecule has 1 aromatic heterocycles. The third-order valence-corrected chi connectivity index (χ3v) is 6.37. The molecule has 0 spiro atoms. The van der Waals surface area contributed by atoms with Crippen LogP contribution in [0.5, 0.6) is 11.5 Å². The van der Waals surface area contributed by atoms with E-state index < -0.39 is 15.7 Å². The Morgan fingerprint density at radius 3 is 2.52 bits per heavy atom. The van der Waals surface area contributed by atoms with Gasteiger partial charge in [0.05, 0.1) is 30.4 Å². The van der Waals surface area contributed by atoms with Gasteiger partial charge in [0, 0.05) is 17.5 Å². The van der Waals surface area contributed by atoms with E-state index in [-0.39, 0.29) is 35.4 Å². The first-order chi connectivity index (χ1) is 14.8. The number of halogens is 1. The number of rotatable bonds is 9. The number of anilines is 1. The Morgan fingerprint density at radius 1 is 1.10 bits per heavy atom. The largest absolute Gasteiger partial charge is 0.497 e. The van der Waals surface area contributed by atoms with Gasteiger partial charge in [0.2, 0.25) is 5.91 Å². The molecule has 9 nitrogen and oxygen atoms in total. The average molecular weight is 466 g/mol. The molecule has 3 aromatic rings. The maximum atomic E-state index is 12.3. The lowest BCUT2D eigenvalue weighted by molar-refractivity contribution is -0.116. The summed E-state index contributed by atoms with van der Waals surface area (Å²) in [6.07, 6.45) is 0.0977. The van der Waals surface area contributed by atoms with Gasteiger partial charge in [0.25, 0.3) is 5.89 Å². The molecule has 0 atom stereocenters. The summed E-state index contributed by atoms with van der Waals surface area (Å²) >= 11 is 5.78. The first-order valence-electron chi connectivity index (χ1n) is 9.16. The molecule has 1 heterocycles. The molecule has 3 rings (SSSR count). The predicted octanol–water partition coefficient (Wildman–Crippen LogP) is 3.60. The third kappa shape index (κ3) is 5.74. The fourth-order valence-electron chi connectivity index (χ4n) is 2.72. The minimum absolute atomic E-state index is 0.0314. The number of methoxy groups -OCH3 is 2. The first kappa shape index (κ1) is 22.6. The van der Waals surface area contributed by atoms with Gasteiger partial charge >= 0.3 is 6.01 Å². The molecular formula is C20H20ClN3O6S. The van der Waals surface area contributed by atoms with Crippen LogP contribution in [0.3, 0.4) is 0 Å². The van der Waals surface area contributed by atoms with E-state index in [9.17, 15) is 13.2 Å². The molecule has 1 N–H and O–H groups in total. The van der Waals surface area contributed by atoms with E-state index in [1.807, 2.05) is 0 Å². The number of benzene rings is 2. The van der Waals surface area contributed by atoms with Crippen molar-refractivity contribution in [1.29, 1.82) is 0 Å². The van der Waals surface area contributed by atoms with Crippen molar-refractivity contribution in [2.24, 2.45) is 0 Å². The molecule has 11 heteroatoms. The summed E-state index contributed by atoms with van der Waals surface area (Å²) in [7, 11) is -0.473. The summed E-state index contributed by atoms with van der Waals surface area (Å²) in [5.41, 5.74) is 0.533. The molecule has 164 valence electrons.